The number of hydrogen-bond acceptors (Lipinski definition) is 5. The van der Waals surface area contributed by atoms with Crippen molar-refractivity contribution in [3.05, 3.63) is 118 Å². The summed E-state index contributed by atoms with van der Waals surface area (Å²) >= 11 is 0. The highest BCUT2D eigenvalue weighted by molar-refractivity contribution is 6.09. The van der Waals surface area contributed by atoms with E-state index in [4.69, 9.17) is 4.74 Å². The number of nitrogens with zero attached hydrogens (tertiary/aromatic N) is 2. The normalized spacial score (nSPS) is 11.0. The van der Waals surface area contributed by atoms with Gasteiger partial charge in [0.25, 0.3) is 11.6 Å². The van der Waals surface area contributed by atoms with E-state index in [1.54, 1.807) is 30.3 Å². The number of carbonyl (C=O) groups excluding carboxylic acids is 1. The molecule has 0 atom stereocenters. The van der Waals surface area contributed by atoms with Gasteiger partial charge in [-0.05, 0) is 46.2 Å². The minimum Gasteiger partial charge on any atom is -0.489 e. The predicted octanol–water partition coefficient (Wildman–Crippen LogP) is 6.01. The van der Waals surface area contributed by atoms with Gasteiger partial charge in [-0.1, -0.05) is 54.6 Å². The Kier molecular flexibility index (Phi) is 6.79. The zero-order valence-electron chi connectivity index (χ0n) is 18.3. The zero-order chi connectivity index (χ0) is 24.8. The van der Waals surface area contributed by atoms with Crippen LogP contribution in [-0.2, 0) is 11.4 Å². The number of ether oxygens (including phenoxy) is 1. The van der Waals surface area contributed by atoms with E-state index < -0.39 is 22.3 Å². The summed E-state index contributed by atoms with van der Waals surface area (Å²) < 4.78 is 19.9. The summed E-state index contributed by atoms with van der Waals surface area (Å²) in [7, 11) is 0. The first-order valence-electron chi connectivity index (χ1n) is 10.5. The van der Waals surface area contributed by atoms with Crippen LogP contribution in [0.25, 0.3) is 16.8 Å². The SMILES string of the molecule is N#C/C(=C\c1cccc(OCc2cccc3ccccc23)c1)C(=O)Nc1cc([N+](=O)[O-])ccc1F. The molecular weight excluding hydrogens is 449 g/mol. The summed E-state index contributed by atoms with van der Waals surface area (Å²) in [6.07, 6.45) is 1.33. The van der Waals surface area contributed by atoms with E-state index in [1.165, 1.54) is 6.08 Å². The first-order valence-corrected chi connectivity index (χ1v) is 10.5. The monoisotopic (exact) mass is 467 g/mol. The van der Waals surface area contributed by atoms with Crippen molar-refractivity contribution in [3.63, 3.8) is 0 Å². The lowest BCUT2D eigenvalue weighted by Gasteiger charge is -2.10. The number of hydrogen-bond donors (Lipinski definition) is 1. The Morgan fingerprint density at radius 2 is 1.83 bits per heavy atom. The van der Waals surface area contributed by atoms with Crippen molar-refractivity contribution in [2.45, 2.75) is 6.61 Å². The third kappa shape index (κ3) is 5.49. The molecule has 8 heteroatoms. The molecule has 0 saturated heterocycles. The molecular formula is C27H18FN3O4. The molecule has 172 valence electrons. The molecule has 0 spiro atoms. The molecule has 4 aromatic rings. The summed E-state index contributed by atoms with van der Waals surface area (Å²) in [5.74, 6) is -1.21. The van der Waals surface area contributed by atoms with Crippen LogP contribution in [0.15, 0.2) is 90.5 Å². The summed E-state index contributed by atoms with van der Waals surface area (Å²) in [4.78, 5) is 22.7. The van der Waals surface area contributed by atoms with Crippen molar-refractivity contribution >= 4 is 34.1 Å². The second kappa shape index (κ2) is 10.3. The van der Waals surface area contributed by atoms with Crippen molar-refractivity contribution in [1.82, 2.24) is 0 Å². The quantitative estimate of drug-likeness (QED) is 0.155. The minimum absolute atomic E-state index is 0.304. The van der Waals surface area contributed by atoms with Gasteiger partial charge in [-0.15, -0.1) is 0 Å². The van der Waals surface area contributed by atoms with Gasteiger partial charge < -0.3 is 10.1 Å². The van der Waals surface area contributed by atoms with Crippen LogP contribution in [0, 0.1) is 27.3 Å². The van der Waals surface area contributed by atoms with Crippen LogP contribution in [0.1, 0.15) is 11.1 Å². The van der Waals surface area contributed by atoms with Crippen molar-refractivity contribution in [1.29, 1.82) is 5.26 Å². The fraction of sp³-hybridized carbons (Fsp3) is 0.0370. The first kappa shape index (κ1) is 23.1. The largest absolute Gasteiger partial charge is 0.489 e. The Labute approximate surface area is 199 Å². The molecule has 0 radical (unpaired) electrons. The molecule has 7 nitrogen and oxygen atoms in total. The van der Waals surface area contributed by atoms with Gasteiger partial charge in [0.15, 0.2) is 0 Å². The number of nitrogens with one attached hydrogen (secondary N) is 1. The van der Waals surface area contributed by atoms with Crippen molar-refractivity contribution in [2.24, 2.45) is 0 Å². The molecule has 0 aliphatic carbocycles. The Morgan fingerprint density at radius 3 is 2.63 bits per heavy atom. The van der Waals surface area contributed by atoms with Crippen LogP contribution in [-0.4, -0.2) is 10.8 Å². The van der Waals surface area contributed by atoms with Gasteiger partial charge in [0.1, 0.15) is 29.8 Å². The second-order valence-corrected chi connectivity index (χ2v) is 7.54. The molecule has 4 rings (SSSR count). The molecule has 0 unspecified atom stereocenters. The number of carbonyl (C=O) groups is 1. The highest BCUT2D eigenvalue weighted by Crippen LogP contribution is 2.24. The number of amides is 1. The maximum Gasteiger partial charge on any atom is 0.271 e. The van der Waals surface area contributed by atoms with Crippen LogP contribution in [0.5, 0.6) is 5.75 Å². The lowest BCUT2D eigenvalue weighted by molar-refractivity contribution is -0.384. The number of nitro benzene ring substituents is 1. The second-order valence-electron chi connectivity index (χ2n) is 7.54. The van der Waals surface area contributed by atoms with Gasteiger partial charge in [0.2, 0.25) is 0 Å². The third-order valence-corrected chi connectivity index (χ3v) is 5.22. The van der Waals surface area contributed by atoms with Crippen molar-refractivity contribution < 1.29 is 18.8 Å². The number of anilines is 1. The Morgan fingerprint density at radius 1 is 1.06 bits per heavy atom. The first-order chi connectivity index (χ1) is 16.9. The van der Waals surface area contributed by atoms with Crippen LogP contribution in [0.3, 0.4) is 0 Å². The number of halogens is 1. The minimum atomic E-state index is -0.894. The maximum absolute atomic E-state index is 14.0. The number of rotatable bonds is 7. The average molecular weight is 467 g/mol. The maximum atomic E-state index is 14.0. The van der Waals surface area contributed by atoms with E-state index in [1.807, 2.05) is 42.5 Å². The van der Waals surface area contributed by atoms with Crippen molar-refractivity contribution in [3.8, 4) is 11.8 Å². The molecule has 0 heterocycles. The number of fused-ring (bicyclic) bond motifs is 1. The lowest BCUT2D eigenvalue weighted by Crippen LogP contribution is -2.14. The van der Waals surface area contributed by atoms with Crippen molar-refractivity contribution in [2.75, 3.05) is 5.32 Å². The van der Waals surface area contributed by atoms with E-state index in [9.17, 15) is 24.6 Å². The van der Waals surface area contributed by atoms with Gasteiger partial charge >= 0.3 is 0 Å². The van der Waals surface area contributed by atoms with E-state index in [2.05, 4.69) is 5.32 Å². The number of nitro groups is 1. The van der Waals surface area contributed by atoms with E-state index in [0.717, 1.165) is 34.5 Å². The van der Waals surface area contributed by atoms with Crippen LogP contribution in [0.2, 0.25) is 0 Å². The molecule has 0 aliphatic heterocycles. The fourth-order valence-electron chi connectivity index (χ4n) is 3.50. The molecule has 0 fully saturated rings. The molecule has 1 amide bonds. The number of non-ortho nitro benzene ring substituents is 1. The molecule has 0 aliphatic rings. The summed E-state index contributed by atoms with van der Waals surface area (Å²) in [5, 5.41) is 24.8. The molecule has 4 aromatic carbocycles. The fourth-order valence-corrected chi connectivity index (χ4v) is 3.50. The van der Waals surface area contributed by atoms with E-state index in [-0.39, 0.29) is 11.3 Å². The van der Waals surface area contributed by atoms with Gasteiger partial charge in [0.05, 0.1) is 10.6 Å². The smallest absolute Gasteiger partial charge is 0.271 e. The van der Waals surface area contributed by atoms with Crippen LogP contribution >= 0.6 is 0 Å². The molecule has 1 N–H and O–H groups in total. The topological polar surface area (TPSA) is 105 Å². The third-order valence-electron chi connectivity index (χ3n) is 5.22. The van der Waals surface area contributed by atoms with Gasteiger partial charge in [-0.3, -0.25) is 14.9 Å². The lowest BCUT2D eigenvalue weighted by atomic mass is 10.1. The Balaban J connectivity index is 1.51. The van der Waals surface area contributed by atoms with Gasteiger partial charge in [-0.25, -0.2) is 4.39 Å². The zero-order valence-corrected chi connectivity index (χ0v) is 18.3. The van der Waals surface area contributed by atoms with Crippen LogP contribution in [0.4, 0.5) is 15.8 Å². The number of benzene rings is 4. The summed E-state index contributed by atoms with van der Waals surface area (Å²) in [6, 6.07) is 25.3. The molecule has 35 heavy (non-hydrogen) atoms. The highest BCUT2D eigenvalue weighted by atomic mass is 19.1. The molecule has 0 bridgehead atoms. The van der Waals surface area contributed by atoms with Crippen LogP contribution < -0.4 is 10.1 Å². The molecule has 0 aromatic heterocycles. The van der Waals surface area contributed by atoms with Gasteiger partial charge in [-0.2, -0.15) is 5.26 Å². The average Bonchev–Trinajstić information content (AvgIpc) is 2.87. The Hall–Kier alpha value is -5.03. The number of nitriles is 1. The summed E-state index contributed by atoms with van der Waals surface area (Å²) in [5.41, 5.74) is 0.451. The highest BCUT2D eigenvalue weighted by Gasteiger charge is 2.16. The molecule has 0 saturated carbocycles. The van der Waals surface area contributed by atoms with E-state index in [0.29, 0.717) is 17.9 Å². The van der Waals surface area contributed by atoms with Gasteiger partial charge in [0, 0.05) is 12.1 Å². The standard InChI is InChI=1S/C27H18FN3O4/c28-25-12-11-22(31(33)34)15-26(25)30-27(32)21(16-29)13-18-5-3-9-23(14-18)35-17-20-8-4-7-19-6-1-2-10-24(19)20/h1-15H,17H2,(H,30,32)/b21-13+. The summed E-state index contributed by atoms with van der Waals surface area (Å²) in [6.45, 7) is 0.326. The Bertz CT molecular complexity index is 1500. The van der Waals surface area contributed by atoms with E-state index >= 15 is 0 Å². The predicted molar refractivity (Wildman–Crippen MR) is 130 cm³/mol.